The van der Waals surface area contributed by atoms with E-state index < -0.39 is 0 Å². The number of ether oxygens (including phenoxy) is 3. The van der Waals surface area contributed by atoms with Crippen molar-refractivity contribution in [1.82, 2.24) is 0 Å². The molecule has 0 spiro atoms. The van der Waals surface area contributed by atoms with E-state index in [-0.39, 0.29) is 11.5 Å². The number of benzene rings is 2. The molecular formula is C15H14O5. The topological polar surface area (TPSA) is 61.1 Å². The first-order valence-electron chi connectivity index (χ1n) is 6.03. The van der Waals surface area contributed by atoms with Crippen molar-refractivity contribution in [3.05, 3.63) is 24.3 Å². The van der Waals surface area contributed by atoms with E-state index in [1.807, 2.05) is 12.1 Å². The van der Waals surface area contributed by atoms with Gasteiger partial charge in [0, 0.05) is 16.8 Å². The first kappa shape index (κ1) is 12.5. The van der Waals surface area contributed by atoms with Crippen LogP contribution in [0.15, 0.2) is 28.7 Å². The highest BCUT2D eigenvalue weighted by Gasteiger charge is 2.20. The Kier molecular flexibility index (Phi) is 2.82. The molecule has 0 aliphatic carbocycles. The number of hydrogen-bond donors (Lipinski definition) is 1. The van der Waals surface area contributed by atoms with Gasteiger partial charge in [0.25, 0.3) is 0 Å². The second kappa shape index (κ2) is 4.52. The van der Waals surface area contributed by atoms with Crippen LogP contribution in [0.1, 0.15) is 0 Å². The Balaban J connectivity index is 2.43. The van der Waals surface area contributed by atoms with E-state index in [0.29, 0.717) is 22.7 Å². The molecule has 0 radical (unpaired) electrons. The first-order valence-corrected chi connectivity index (χ1v) is 6.03. The molecule has 20 heavy (non-hydrogen) atoms. The molecule has 0 saturated heterocycles. The molecule has 1 aromatic heterocycles. The van der Waals surface area contributed by atoms with Crippen molar-refractivity contribution in [1.29, 1.82) is 0 Å². The van der Waals surface area contributed by atoms with E-state index in [4.69, 9.17) is 18.6 Å². The third-order valence-electron chi connectivity index (χ3n) is 3.27. The SMILES string of the molecule is COc1ccc2c(c1)oc1c(OC)c(OC)c(O)cc12. The molecule has 5 heteroatoms. The molecule has 0 bridgehead atoms. The fraction of sp³-hybridized carbons (Fsp3) is 0.200. The number of aromatic hydroxyl groups is 1. The predicted molar refractivity (Wildman–Crippen MR) is 75.0 cm³/mol. The van der Waals surface area contributed by atoms with Gasteiger partial charge in [0.15, 0.2) is 11.3 Å². The number of methoxy groups -OCH3 is 3. The summed E-state index contributed by atoms with van der Waals surface area (Å²) in [5.74, 6) is 1.34. The lowest BCUT2D eigenvalue weighted by molar-refractivity contribution is 0.333. The van der Waals surface area contributed by atoms with Crippen LogP contribution in [0.5, 0.6) is 23.0 Å². The molecule has 0 fully saturated rings. The van der Waals surface area contributed by atoms with Gasteiger partial charge in [0.05, 0.1) is 21.3 Å². The van der Waals surface area contributed by atoms with Gasteiger partial charge < -0.3 is 23.7 Å². The van der Waals surface area contributed by atoms with E-state index >= 15 is 0 Å². The van der Waals surface area contributed by atoms with Crippen LogP contribution in [-0.4, -0.2) is 26.4 Å². The van der Waals surface area contributed by atoms with Gasteiger partial charge in [0.1, 0.15) is 11.3 Å². The van der Waals surface area contributed by atoms with Crippen molar-refractivity contribution in [3.63, 3.8) is 0 Å². The lowest BCUT2D eigenvalue weighted by Crippen LogP contribution is -1.91. The maximum atomic E-state index is 10.0. The third kappa shape index (κ3) is 1.63. The van der Waals surface area contributed by atoms with Gasteiger partial charge in [0.2, 0.25) is 11.5 Å². The molecule has 0 atom stereocenters. The normalized spacial score (nSPS) is 10.9. The predicted octanol–water partition coefficient (Wildman–Crippen LogP) is 3.32. The Labute approximate surface area is 115 Å². The first-order chi connectivity index (χ1) is 9.69. The molecule has 0 unspecified atom stereocenters. The van der Waals surface area contributed by atoms with Crippen LogP contribution in [0.25, 0.3) is 21.9 Å². The molecule has 0 saturated carbocycles. The van der Waals surface area contributed by atoms with E-state index in [9.17, 15) is 5.11 Å². The van der Waals surface area contributed by atoms with E-state index in [1.165, 1.54) is 14.2 Å². The van der Waals surface area contributed by atoms with E-state index in [1.54, 1.807) is 19.2 Å². The summed E-state index contributed by atoms with van der Waals surface area (Å²) in [5, 5.41) is 11.7. The largest absolute Gasteiger partial charge is 0.504 e. The second-order valence-electron chi connectivity index (χ2n) is 4.30. The summed E-state index contributed by atoms with van der Waals surface area (Å²) in [7, 11) is 4.57. The van der Waals surface area contributed by atoms with Gasteiger partial charge in [-0.1, -0.05) is 0 Å². The van der Waals surface area contributed by atoms with Gasteiger partial charge in [-0.2, -0.15) is 0 Å². The smallest absolute Gasteiger partial charge is 0.208 e. The van der Waals surface area contributed by atoms with Crippen LogP contribution < -0.4 is 14.2 Å². The van der Waals surface area contributed by atoms with Crippen LogP contribution in [0.3, 0.4) is 0 Å². The second-order valence-corrected chi connectivity index (χ2v) is 4.30. The Bertz CT molecular complexity index is 788. The molecule has 5 nitrogen and oxygen atoms in total. The minimum absolute atomic E-state index is 0.00960. The molecule has 0 amide bonds. The van der Waals surface area contributed by atoms with Crippen LogP contribution >= 0.6 is 0 Å². The number of furan rings is 1. The summed E-state index contributed by atoms with van der Waals surface area (Å²) in [6, 6.07) is 7.11. The quantitative estimate of drug-likeness (QED) is 0.793. The lowest BCUT2D eigenvalue weighted by atomic mass is 10.1. The zero-order chi connectivity index (χ0) is 14.3. The van der Waals surface area contributed by atoms with Crippen molar-refractivity contribution >= 4 is 21.9 Å². The summed E-state index contributed by atoms with van der Waals surface area (Å²) >= 11 is 0. The fourth-order valence-corrected chi connectivity index (χ4v) is 2.34. The van der Waals surface area contributed by atoms with E-state index in [0.717, 1.165) is 10.8 Å². The van der Waals surface area contributed by atoms with Gasteiger partial charge >= 0.3 is 0 Å². The van der Waals surface area contributed by atoms with Crippen molar-refractivity contribution in [3.8, 4) is 23.0 Å². The Morgan fingerprint density at radius 1 is 0.900 bits per heavy atom. The van der Waals surface area contributed by atoms with Crippen LogP contribution in [-0.2, 0) is 0 Å². The molecule has 2 aromatic carbocycles. The summed E-state index contributed by atoms with van der Waals surface area (Å²) in [6.45, 7) is 0. The molecule has 1 heterocycles. The van der Waals surface area contributed by atoms with Crippen molar-refractivity contribution in [2.45, 2.75) is 0 Å². The van der Waals surface area contributed by atoms with Gasteiger partial charge in [-0.25, -0.2) is 0 Å². The number of phenols is 1. The maximum absolute atomic E-state index is 10.0. The highest BCUT2D eigenvalue weighted by molar-refractivity contribution is 6.08. The highest BCUT2D eigenvalue weighted by Crippen LogP contribution is 2.46. The van der Waals surface area contributed by atoms with Crippen LogP contribution in [0, 0.1) is 0 Å². The molecule has 3 aromatic rings. The summed E-state index contributed by atoms with van der Waals surface area (Å²) < 4.78 is 21.5. The maximum Gasteiger partial charge on any atom is 0.208 e. The number of rotatable bonds is 3. The lowest BCUT2D eigenvalue weighted by Gasteiger charge is -2.09. The molecule has 3 rings (SSSR count). The zero-order valence-corrected chi connectivity index (χ0v) is 11.4. The molecule has 104 valence electrons. The monoisotopic (exact) mass is 274 g/mol. The van der Waals surface area contributed by atoms with Gasteiger partial charge in [-0.15, -0.1) is 0 Å². The average Bonchev–Trinajstić information content (AvgIpc) is 2.82. The summed E-state index contributed by atoms with van der Waals surface area (Å²) in [5.41, 5.74) is 1.19. The number of phenolic OH excluding ortho intramolecular Hbond substituents is 1. The average molecular weight is 274 g/mol. The Morgan fingerprint density at radius 3 is 2.30 bits per heavy atom. The number of fused-ring (bicyclic) bond motifs is 3. The van der Waals surface area contributed by atoms with E-state index in [2.05, 4.69) is 0 Å². The standard InChI is InChI=1S/C15H14O5/c1-17-8-4-5-9-10-7-11(16)14(18-2)15(19-3)13(10)20-12(9)6-8/h4-7,16H,1-3H3. The molecular weight excluding hydrogens is 260 g/mol. The molecule has 0 aliphatic heterocycles. The van der Waals surface area contributed by atoms with Crippen LogP contribution in [0.2, 0.25) is 0 Å². The summed E-state index contributed by atoms with van der Waals surface area (Å²) in [4.78, 5) is 0. The van der Waals surface area contributed by atoms with Crippen molar-refractivity contribution < 1.29 is 23.7 Å². The van der Waals surface area contributed by atoms with Crippen molar-refractivity contribution in [2.75, 3.05) is 21.3 Å². The molecule has 0 aliphatic rings. The summed E-state index contributed by atoms with van der Waals surface area (Å²) in [6.07, 6.45) is 0. The van der Waals surface area contributed by atoms with Crippen LogP contribution in [0.4, 0.5) is 0 Å². The Morgan fingerprint density at radius 2 is 1.65 bits per heavy atom. The molecule has 1 N–H and O–H groups in total. The highest BCUT2D eigenvalue weighted by atomic mass is 16.5. The Hall–Kier alpha value is -2.56. The van der Waals surface area contributed by atoms with Gasteiger partial charge in [-0.3, -0.25) is 0 Å². The zero-order valence-electron chi connectivity index (χ0n) is 11.4. The third-order valence-corrected chi connectivity index (χ3v) is 3.27. The van der Waals surface area contributed by atoms with Crippen molar-refractivity contribution in [2.24, 2.45) is 0 Å². The van der Waals surface area contributed by atoms with Gasteiger partial charge in [-0.05, 0) is 18.2 Å². The number of hydrogen-bond acceptors (Lipinski definition) is 5. The fourth-order valence-electron chi connectivity index (χ4n) is 2.34. The minimum Gasteiger partial charge on any atom is -0.504 e. The minimum atomic E-state index is 0.00960.